The first kappa shape index (κ1) is 12.4. The zero-order valence-electron chi connectivity index (χ0n) is 11.0. The van der Waals surface area contributed by atoms with Crippen LogP contribution in [0.1, 0.15) is 46.0 Å². The van der Waals surface area contributed by atoms with Crippen LogP contribution >= 0.6 is 0 Å². The van der Waals surface area contributed by atoms with Gasteiger partial charge in [0.25, 0.3) is 0 Å². The number of hydrogen-bond donors (Lipinski definition) is 1. The van der Waals surface area contributed by atoms with Crippen LogP contribution in [0.15, 0.2) is 0 Å². The van der Waals surface area contributed by atoms with Crippen molar-refractivity contribution in [1.29, 1.82) is 0 Å². The van der Waals surface area contributed by atoms with Crippen LogP contribution in [0.4, 0.5) is 0 Å². The van der Waals surface area contributed by atoms with E-state index >= 15 is 0 Å². The standard InChI is InChI=1S/C14H28N2/c1-11(2)14(15)7-8-16(9-12-3-4-12)10-13-5-6-13/h11-14H,3-10,15H2,1-2H3. The summed E-state index contributed by atoms with van der Waals surface area (Å²) in [5, 5.41) is 0. The second kappa shape index (κ2) is 5.50. The summed E-state index contributed by atoms with van der Waals surface area (Å²) in [6.07, 6.45) is 7.06. The van der Waals surface area contributed by atoms with Crippen molar-refractivity contribution in [2.45, 2.75) is 52.0 Å². The number of nitrogens with zero attached hydrogens (tertiary/aromatic N) is 1. The smallest absolute Gasteiger partial charge is 0.00740 e. The molecule has 0 radical (unpaired) electrons. The average molecular weight is 224 g/mol. The van der Waals surface area contributed by atoms with E-state index < -0.39 is 0 Å². The predicted octanol–water partition coefficient (Wildman–Crippen LogP) is 2.48. The highest BCUT2D eigenvalue weighted by Gasteiger charge is 2.29. The molecule has 1 unspecified atom stereocenters. The first-order valence-electron chi connectivity index (χ1n) is 7.13. The summed E-state index contributed by atoms with van der Waals surface area (Å²) in [5.41, 5.74) is 6.13. The fourth-order valence-electron chi connectivity index (χ4n) is 2.25. The molecule has 0 saturated heterocycles. The van der Waals surface area contributed by atoms with E-state index in [1.54, 1.807) is 0 Å². The zero-order chi connectivity index (χ0) is 11.5. The van der Waals surface area contributed by atoms with Crippen molar-refractivity contribution >= 4 is 0 Å². The van der Waals surface area contributed by atoms with Crippen LogP contribution < -0.4 is 5.73 Å². The largest absolute Gasteiger partial charge is 0.327 e. The molecular weight excluding hydrogens is 196 g/mol. The van der Waals surface area contributed by atoms with E-state index in [-0.39, 0.29) is 0 Å². The molecule has 0 aliphatic heterocycles. The summed E-state index contributed by atoms with van der Waals surface area (Å²) in [4.78, 5) is 2.69. The van der Waals surface area contributed by atoms with Gasteiger partial charge in [-0.15, -0.1) is 0 Å². The number of nitrogens with two attached hydrogens (primary N) is 1. The molecule has 0 spiro atoms. The summed E-state index contributed by atoms with van der Waals surface area (Å²) in [6, 6.07) is 0.390. The van der Waals surface area contributed by atoms with Gasteiger partial charge >= 0.3 is 0 Å². The molecule has 0 aromatic heterocycles. The Morgan fingerprint density at radius 1 is 1.06 bits per heavy atom. The van der Waals surface area contributed by atoms with Gasteiger partial charge in [0.15, 0.2) is 0 Å². The van der Waals surface area contributed by atoms with Crippen molar-refractivity contribution in [2.24, 2.45) is 23.5 Å². The molecule has 2 aliphatic rings. The average Bonchev–Trinajstić information content (AvgIpc) is 3.08. The predicted molar refractivity (Wildman–Crippen MR) is 69.3 cm³/mol. The van der Waals surface area contributed by atoms with Crippen LogP contribution in [0.25, 0.3) is 0 Å². The third-order valence-electron chi connectivity index (χ3n) is 4.06. The molecule has 94 valence electrons. The maximum atomic E-state index is 6.13. The molecule has 2 nitrogen and oxygen atoms in total. The van der Waals surface area contributed by atoms with Crippen LogP contribution in [0, 0.1) is 17.8 Å². The zero-order valence-corrected chi connectivity index (χ0v) is 11.0. The van der Waals surface area contributed by atoms with Crippen LogP contribution in [-0.4, -0.2) is 30.6 Å². The minimum absolute atomic E-state index is 0.390. The summed E-state index contributed by atoms with van der Waals surface area (Å²) in [5.74, 6) is 2.67. The molecule has 0 heterocycles. The first-order chi connectivity index (χ1) is 7.65. The van der Waals surface area contributed by atoms with Crippen LogP contribution in [-0.2, 0) is 0 Å². The molecule has 0 bridgehead atoms. The topological polar surface area (TPSA) is 29.3 Å². The second-order valence-electron chi connectivity index (χ2n) is 6.34. The highest BCUT2D eigenvalue weighted by Crippen LogP contribution is 2.33. The van der Waals surface area contributed by atoms with Crippen LogP contribution in [0.2, 0.25) is 0 Å². The Kier molecular flexibility index (Phi) is 4.26. The molecule has 2 rings (SSSR count). The third-order valence-corrected chi connectivity index (χ3v) is 4.06. The van der Waals surface area contributed by atoms with Gasteiger partial charge < -0.3 is 10.6 Å². The SMILES string of the molecule is CC(C)C(N)CCN(CC1CC1)CC1CC1. The third kappa shape index (κ3) is 4.42. The van der Waals surface area contributed by atoms with Crippen molar-refractivity contribution in [1.82, 2.24) is 4.90 Å². The lowest BCUT2D eigenvalue weighted by Crippen LogP contribution is -2.35. The van der Waals surface area contributed by atoms with Crippen LogP contribution in [0.3, 0.4) is 0 Å². The van der Waals surface area contributed by atoms with Gasteiger partial charge in [0.05, 0.1) is 0 Å². The Hall–Kier alpha value is -0.0800. The first-order valence-corrected chi connectivity index (χ1v) is 7.13. The summed E-state index contributed by atoms with van der Waals surface area (Å²) in [6.45, 7) is 8.39. The quantitative estimate of drug-likeness (QED) is 0.686. The Morgan fingerprint density at radius 3 is 1.94 bits per heavy atom. The fraction of sp³-hybridized carbons (Fsp3) is 1.00. The van der Waals surface area contributed by atoms with Crippen LogP contribution in [0.5, 0.6) is 0 Å². The molecule has 2 fully saturated rings. The van der Waals surface area contributed by atoms with E-state index in [2.05, 4.69) is 18.7 Å². The highest BCUT2D eigenvalue weighted by atomic mass is 15.1. The van der Waals surface area contributed by atoms with Crippen molar-refractivity contribution in [2.75, 3.05) is 19.6 Å². The maximum Gasteiger partial charge on any atom is 0.00740 e. The monoisotopic (exact) mass is 224 g/mol. The number of rotatable bonds is 8. The van der Waals surface area contributed by atoms with E-state index in [0.29, 0.717) is 12.0 Å². The molecule has 16 heavy (non-hydrogen) atoms. The molecule has 1 atom stereocenters. The van der Waals surface area contributed by atoms with E-state index in [9.17, 15) is 0 Å². The minimum Gasteiger partial charge on any atom is -0.327 e. The maximum absolute atomic E-state index is 6.13. The molecular formula is C14H28N2. The van der Waals surface area contributed by atoms with Gasteiger partial charge in [-0.3, -0.25) is 0 Å². The normalized spacial score (nSPS) is 23.1. The Morgan fingerprint density at radius 2 is 1.56 bits per heavy atom. The highest BCUT2D eigenvalue weighted by molar-refractivity contribution is 4.83. The van der Waals surface area contributed by atoms with Crippen molar-refractivity contribution in [3.63, 3.8) is 0 Å². The lowest BCUT2D eigenvalue weighted by Gasteiger charge is -2.25. The number of hydrogen-bond acceptors (Lipinski definition) is 2. The van der Waals surface area contributed by atoms with Crippen molar-refractivity contribution < 1.29 is 0 Å². The van der Waals surface area contributed by atoms with E-state index in [0.717, 1.165) is 11.8 Å². The minimum atomic E-state index is 0.390. The summed E-state index contributed by atoms with van der Waals surface area (Å²) < 4.78 is 0. The Balaban J connectivity index is 1.67. The Labute approximate surface area is 101 Å². The van der Waals surface area contributed by atoms with Gasteiger partial charge in [0, 0.05) is 19.1 Å². The molecule has 0 aromatic carbocycles. The molecule has 2 N–H and O–H groups in total. The van der Waals surface area contributed by atoms with E-state index in [4.69, 9.17) is 5.73 Å². The van der Waals surface area contributed by atoms with Crippen molar-refractivity contribution in [3.8, 4) is 0 Å². The van der Waals surface area contributed by atoms with Gasteiger partial charge in [0.2, 0.25) is 0 Å². The fourth-order valence-corrected chi connectivity index (χ4v) is 2.25. The molecule has 2 heteroatoms. The van der Waals surface area contributed by atoms with E-state index in [1.807, 2.05) is 0 Å². The van der Waals surface area contributed by atoms with Crippen molar-refractivity contribution in [3.05, 3.63) is 0 Å². The van der Waals surface area contributed by atoms with Gasteiger partial charge in [-0.2, -0.15) is 0 Å². The van der Waals surface area contributed by atoms with Gasteiger partial charge in [0.1, 0.15) is 0 Å². The molecule has 2 aliphatic carbocycles. The summed E-state index contributed by atoms with van der Waals surface area (Å²) >= 11 is 0. The van der Waals surface area contributed by atoms with Gasteiger partial charge in [-0.05, 0) is 56.4 Å². The Bertz CT molecular complexity index is 193. The second-order valence-corrected chi connectivity index (χ2v) is 6.34. The van der Waals surface area contributed by atoms with Gasteiger partial charge in [-0.1, -0.05) is 13.8 Å². The molecule has 2 saturated carbocycles. The lowest BCUT2D eigenvalue weighted by atomic mass is 10.0. The van der Waals surface area contributed by atoms with Gasteiger partial charge in [-0.25, -0.2) is 0 Å². The molecule has 0 aromatic rings. The summed E-state index contributed by atoms with van der Waals surface area (Å²) in [7, 11) is 0. The van der Waals surface area contributed by atoms with E-state index in [1.165, 1.54) is 51.7 Å². The lowest BCUT2D eigenvalue weighted by molar-refractivity contribution is 0.236. The molecule has 0 amide bonds.